The van der Waals surface area contributed by atoms with Gasteiger partial charge in [0.05, 0.1) is 6.04 Å². The molecule has 1 aliphatic carbocycles. The molecule has 94 valence electrons. The Hall–Kier alpha value is -0.640. The molecule has 3 N–H and O–H groups in total. The maximum atomic E-state index is 5.66. The van der Waals surface area contributed by atoms with Gasteiger partial charge in [-0.1, -0.05) is 12.5 Å². The predicted molar refractivity (Wildman–Crippen MR) is 75.1 cm³/mol. The molecule has 1 unspecified atom stereocenters. The van der Waals surface area contributed by atoms with E-state index in [1.165, 1.54) is 37.0 Å². The van der Waals surface area contributed by atoms with E-state index in [1.54, 1.807) is 10.4 Å². The summed E-state index contributed by atoms with van der Waals surface area (Å²) in [6.07, 6.45) is 10.6. The second-order valence-corrected chi connectivity index (χ2v) is 5.91. The summed E-state index contributed by atoms with van der Waals surface area (Å²) in [6, 6.07) is 2.67. The second kappa shape index (κ2) is 6.34. The van der Waals surface area contributed by atoms with Gasteiger partial charge in [-0.05, 0) is 50.2 Å². The van der Waals surface area contributed by atoms with E-state index in [2.05, 4.69) is 18.1 Å². The molecule has 17 heavy (non-hydrogen) atoms. The smallest absolute Gasteiger partial charge is 0.0556 e. The number of rotatable bonds is 5. The van der Waals surface area contributed by atoms with Gasteiger partial charge >= 0.3 is 0 Å². The van der Waals surface area contributed by atoms with Gasteiger partial charge in [0, 0.05) is 9.75 Å². The monoisotopic (exact) mass is 250 g/mol. The molecular weight excluding hydrogens is 228 g/mol. The first-order chi connectivity index (χ1) is 8.35. The summed E-state index contributed by atoms with van der Waals surface area (Å²) in [7, 11) is 0. The number of nitrogens with one attached hydrogen (secondary N) is 1. The van der Waals surface area contributed by atoms with Gasteiger partial charge in [0.25, 0.3) is 0 Å². The van der Waals surface area contributed by atoms with E-state index in [9.17, 15) is 0 Å². The lowest BCUT2D eigenvalue weighted by Crippen LogP contribution is -2.27. The van der Waals surface area contributed by atoms with Crippen LogP contribution in [0.4, 0.5) is 0 Å². The van der Waals surface area contributed by atoms with E-state index in [1.807, 2.05) is 17.4 Å². The Balaban J connectivity index is 2.12. The molecule has 0 spiro atoms. The molecule has 0 aromatic carbocycles. The Kier molecular flexibility index (Phi) is 4.77. The number of allylic oxidation sites excluding steroid dienone is 1. The first-order valence-corrected chi connectivity index (χ1v) is 7.35. The summed E-state index contributed by atoms with van der Waals surface area (Å²) >= 11 is 1.95. The van der Waals surface area contributed by atoms with Crippen molar-refractivity contribution in [1.82, 2.24) is 5.43 Å². The molecular formula is C14H22N2S. The van der Waals surface area contributed by atoms with Gasteiger partial charge in [-0.3, -0.25) is 11.3 Å². The summed E-state index contributed by atoms with van der Waals surface area (Å²) in [5, 5.41) is 0. The standard InChI is InChI=1S/C14H22N2S/c1-2-3-8-12(16-15)14-10-11-7-5-4-6-9-13(11)17-14/h2,10,12,16H,1,3-9,15H2. The molecule has 3 heteroatoms. The van der Waals surface area contributed by atoms with Crippen LogP contribution in [0.25, 0.3) is 0 Å². The van der Waals surface area contributed by atoms with Crippen LogP contribution in [-0.2, 0) is 12.8 Å². The molecule has 0 aliphatic heterocycles. The second-order valence-electron chi connectivity index (χ2n) is 4.74. The van der Waals surface area contributed by atoms with Crippen LogP contribution in [0.1, 0.15) is 53.5 Å². The molecule has 0 saturated carbocycles. The van der Waals surface area contributed by atoms with Crippen molar-refractivity contribution in [2.75, 3.05) is 0 Å². The largest absolute Gasteiger partial charge is 0.271 e. The zero-order valence-electron chi connectivity index (χ0n) is 10.4. The molecule has 0 saturated heterocycles. The van der Waals surface area contributed by atoms with E-state index in [4.69, 9.17) is 5.84 Å². The molecule has 0 bridgehead atoms. The number of hydrogen-bond acceptors (Lipinski definition) is 3. The van der Waals surface area contributed by atoms with Crippen LogP contribution in [0, 0.1) is 0 Å². The van der Waals surface area contributed by atoms with Crippen molar-refractivity contribution < 1.29 is 0 Å². The summed E-state index contributed by atoms with van der Waals surface area (Å²) < 4.78 is 0. The maximum absolute atomic E-state index is 5.66. The quantitative estimate of drug-likeness (QED) is 0.363. The third kappa shape index (κ3) is 3.18. The SMILES string of the molecule is C=CCCC(NN)c1cc2c(s1)CCCCC2. The summed E-state index contributed by atoms with van der Waals surface area (Å²) in [5.41, 5.74) is 4.51. The van der Waals surface area contributed by atoms with Crippen LogP contribution in [0.15, 0.2) is 18.7 Å². The zero-order chi connectivity index (χ0) is 12.1. The predicted octanol–water partition coefficient (Wildman–Crippen LogP) is 3.49. The van der Waals surface area contributed by atoms with Crippen LogP contribution in [0.5, 0.6) is 0 Å². The lowest BCUT2D eigenvalue weighted by atomic mass is 10.1. The number of aryl methyl sites for hydroxylation is 2. The number of hydrogen-bond donors (Lipinski definition) is 2. The van der Waals surface area contributed by atoms with Gasteiger partial charge in [0.15, 0.2) is 0 Å². The lowest BCUT2D eigenvalue weighted by molar-refractivity contribution is 0.528. The van der Waals surface area contributed by atoms with Crippen LogP contribution in [-0.4, -0.2) is 0 Å². The Morgan fingerprint density at radius 1 is 1.41 bits per heavy atom. The molecule has 2 nitrogen and oxygen atoms in total. The molecule has 1 atom stereocenters. The van der Waals surface area contributed by atoms with Crippen molar-refractivity contribution in [2.45, 2.75) is 51.0 Å². The first-order valence-electron chi connectivity index (χ1n) is 6.53. The summed E-state index contributed by atoms with van der Waals surface area (Å²) in [5.74, 6) is 5.66. The fourth-order valence-electron chi connectivity index (χ4n) is 2.45. The van der Waals surface area contributed by atoms with E-state index in [-0.39, 0.29) is 0 Å². The zero-order valence-corrected chi connectivity index (χ0v) is 11.2. The number of fused-ring (bicyclic) bond motifs is 1. The van der Waals surface area contributed by atoms with Crippen LogP contribution in [0.2, 0.25) is 0 Å². The van der Waals surface area contributed by atoms with Crippen LogP contribution in [0.3, 0.4) is 0 Å². The fourth-order valence-corrected chi connectivity index (χ4v) is 3.81. The molecule has 0 radical (unpaired) electrons. The van der Waals surface area contributed by atoms with Gasteiger partial charge in [-0.25, -0.2) is 0 Å². The molecule has 1 aromatic rings. The van der Waals surface area contributed by atoms with E-state index in [0.29, 0.717) is 6.04 Å². The minimum absolute atomic E-state index is 0.296. The van der Waals surface area contributed by atoms with Crippen molar-refractivity contribution in [3.05, 3.63) is 34.0 Å². The highest BCUT2D eigenvalue weighted by atomic mass is 32.1. The molecule has 2 rings (SSSR count). The van der Waals surface area contributed by atoms with Crippen LogP contribution < -0.4 is 11.3 Å². The Morgan fingerprint density at radius 3 is 3.00 bits per heavy atom. The minimum Gasteiger partial charge on any atom is -0.271 e. The first kappa shape index (κ1) is 12.8. The molecule has 0 amide bonds. The number of thiophene rings is 1. The van der Waals surface area contributed by atoms with E-state index >= 15 is 0 Å². The lowest BCUT2D eigenvalue weighted by Gasteiger charge is -2.12. The number of hydrazine groups is 1. The molecule has 1 heterocycles. The number of nitrogens with two attached hydrogens (primary N) is 1. The highest BCUT2D eigenvalue weighted by Crippen LogP contribution is 2.33. The third-order valence-electron chi connectivity index (χ3n) is 3.47. The van der Waals surface area contributed by atoms with Crippen molar-refractivity contribution in [2.24, 2.45) is 5.84 Å². The van der Waals surface area contributed by atoms with Gasteiger partial charge in [-0.15, -0.1) is 17.9 Å². The Morgan fingerprint density at radius 2 is 2.24 bits per heavy atom. The van der Waals surface area contributed by atoms with Gasteiger partial charge < -0.3 is 0 Å². The third-order valence-corrected chi connectivity index (χ3v) is 4.82. The summed E-state index contributed by atoms with van der Waals surface area (Å²) in [4.78, 5) is 3.00. The van der Waals surface area contributed by atoms with Crippen molar-refractivity contribution in [3.63, 3.8) is 0 Å². The van der Waals surface area contributed by atoms with Crippen molar-refractivity contribution in [1.29, 1.82) is 0 Å². The molecule has 1 aliphatic rings. The fraction of sp³-hybridized carbons (Fsp3) is 0.571. The van der Waals surface area contributed by atoms with E-state index in [0.717, 1.165) is 12.8 Å². The average Bonchev–Trinajstić information content (AvgIpc) is 2.61. The molecule has 1 aromatic heterocycles. The van der Waals surface area contributed by atoms with Crippen molar-refractivity contribution >= 4 is 11.3 Å². The van der Waals surface area contributed by atoms with Gasteiger partial charge in [0.1, 0.15) is 0 Å². The summed E-state index contributed by atoms with van der Waals surface area (Å²) in [6.45, 7) is 3.77. The Labute approximate surface area is 108 Å². The van der Waals surface area contributed by atoms with Gasteiger partial charge in [0.2, 0.25) is 0 Å². The Bertz CT molecular complexity index is 347. The average molecular weight is 250 g/mol. The van der Waals surface area contributed by atoms with Gasteiger partial charge in [-0.2, -0.15) is 0 Å². The maximum Gasteiger partial charge on any atom is 0.0556 e. The highest BCUT2D eigenvalue weighted by Gasteiger charge is 2.17. The minimum atomic E-state index is 0.296. The topological polar surface area (TPSA) is 38.0 Å². The van der Waals surface area contributed by atoms with Crippen LogP contribution >= 0.6 is 11.3 Å². The molecule has 0 fully saturated rings. The van der Waals surface area contributed by atoms with E-state index < -0.39 is 0 Å². The normalized spacial score (nSPS) is 17.2. The van der Waals surface area contributed by atoms with Crippen molar-refractivity contribution in [3.8, 4) is 0 Å². The highest BCUT2D eigenvalue weighted by molar-refractivity contribution is 7.12.